The molecule has 112 valence electrons. The Balaban J connectivity index is 2.28. The van der Waals surface area contributed by atoms with E-state index in [1.54, 1.807) is 18.2 Å². The van der Waals surface area contributed by atoms with Crippen molar-refractivity contribution in [3.63, 3.8) is 0 Å². The Labute approximate surface area is 130 Å². The zero-order chi connectivity index (χ0) is 15.8. The molecule has 0 bridgehead atoms. The third-order valence-corrected chi connectivity index (χ3v) is 3.72. The number of nitrogens with two attached hydrogens (primary N) is 1. The predicted octanol–water partition coefficient (Wildman–Crippen LogP) is 3.58. The molecule has 2 rings (SSSR count). The van der Waals surface area contributed by atoms with Crippen LogP contribution in [-0.2, 0) is 9.53 Å². The predicted molar refractivity (Wildman–Crippen MR) is 85.9 cm³/mol. The summed E-state index contributed by atoms with van der Waals surface area (Å²) in [5.41, 5.74) is 6.38. The van der Waals surface area contributed by atoms with E-state index in [4.69, 9.17) is 22.1 Å². The van der Waals surface area contributed by atoms with E-state index in [1.165, 1.54) is 0 Å². The minimum Gasteiger partial charge on any atom is -0.459 e. The van der Waals surface area contributed by atoms with Gasteiger partial charge in [0.05, 0.1) is 6.04 Å². The fourth-order valence-electron chi connectivity index (χ4n) is 2.28. The first kappa shape index (κ1) is 15.8. The first-order chi connectivity index (χ1) is 9.70. The van der Waals surface area contributed by atoms with Crippen LogP contribution in [0.25, 0.3) is 6.08 Å². The van der Waals surface area contributed by atoms with E-state index >= 15 is 0 Å². The van der Waals surface area contributed by atoms with Crippen LogP contribution in [0.2, 0.25) is 5.02 Å². The molecule has 2 N–H and O–H groups in total. The number of ether oxygens (including phenoxy) is 1. The minimum atomic E-state index is -0.910. The van der Waals surface area contributed by atoms with Crippen molar-refractivity contribution >= 4 is 23.6 Å². The molecule has 1 aromatic rings. The minimum absolute atomic E-state index is 0.349. The summed E-state index contributed by atoms with van der Waals surface area (Å²) in [4.78, 5) is 12.4. The molecule has 1 unspecified atom stereocenters. The summed E-state index contributed by atoms with van der Waals surface area (Å²) in [5.74, 6) is -0.349. The number of rotatable bonds is 3. The standard InChI is InChI=1S/C17H20ClNO2/c1-5-17(15(20)21-16(2,3)4)13(14(17)19)10-11-6-8-12(18)9-7-11/h5-10,14H,1,19H2,2-4H3/t14?,17-/m1/s1. The maximum absolute atomic E-state index is 12.4. The van der Waals surface area contributed by atoms with E-state index in [0.717, 1.165) is 11.1 Å². The fraction of sp³-hybridized carbons (Fsp3) is 0.353. The van der Waals surface area contributed by atoms with Gasteiger partial charge in [0.25, 0.3) is 0 Å². The molecule has 2 atom stereocenters. The molecule has 0 saturated heterocycles. The summed E-state index contributed by atoms with van der Waals surface area (Å²) in [7, 11) is 0. The highest BCUT2D eigenvalue weighted by molar-refractivity contribution is 6.30. The Morgan fingerprint density at radius 1 is 1.38 bits per heavy atom. The topological polar surface area (TPSA) is 52.3 Å². The number of benzene rings is 1. The van der Waals surface area contributed by atoms with E-state index in [-0.39, 0.29) is 12.0 Å². The average molecular weight is 306 g/mol. The van der Waals surface area contributed by atoms with Gasteiger partial charge in [0.1, 0.15) is 11.0 Å². The van der Waals surface area contributed by atoms with E-state index in [9.17, 15) is 4.79 Å². The van der Waals surface area contributed by atoms with E-state index in [2.05, 4.69) is 6.58 Å². The number of hydrogen-bond acceptors (Lipinski definition) is 3. The molecule has 1 saturated carbocycles. The van der Waals surface area contributed by atoms with Crippen molar-refractivity contribution < 1.29 is 9.53 Å². The second-order valence-corrected chi connectivity index (χ2v) is 6.64. The SMILES string of the molecule is C=C[C@@]1(C(=O)OC(C)(C)C)C(=Cc2ccc(Cl)cc2)C1N. The van der Waals surface area contributed by atoms with Gasteiger partial charge in [-0.25, -0.2) is 0 Å². The Hall–Kier alpha value is -1.58. The van der Waals surface area contributed by atoms with E-state index in [1.807, 2.05) is 39.0 Å². The van der Waals surface area contributed by atoms with Crippen molar-refractivity contribution in [1.29, 1.82) is 0 Å². The van der Waals surface area contributed by atoms with Crippen molar-refractivity contribution in [2.24, 2.45) is 11.1 Å². The van der Waals surface area contributed by atoms with Gasteiger partial charge in [0, 0.05) is 5.02 Å². The van der Waals surface area contributed by atoms with Crippen molar-refractivity contribution in [3.05, 3.63) is 53.1 Å². The average Bonchev–Trinajstić information content (AvgIpc) is 2.95. The van der Waals surface area contributed by atoms with Gasteiger partial charge in [-0.2, -0.15) is 0 Å². The highest BCUT2D eigenvalue weighted by atomic mass is 35.5. The summed E-state index contributed by atoms with van der Waals surface area (Å²) in [6, 6.07) is 6.96. The summed E-state index contributed by atoms with van der Waals surface area (Å²) in [5, 5.41) is 0.666. The van der Waals surface area contributed by atoms with Crippen LogP contribution >= 0.6 is 11.6 Å². The Kier molecular flexibility index (Phi) is 4.00. The van der Waals surface area contributed by atoms with Crippen LogP contribution in [0.3, 0.4) is 0 Å². The van der Waals surface area contributed by atoms with Gasteiger partial charge in [-0.3, -0.25) is 4.79 Å². The molecule has 0 heterocycles. The maximum atomic E-state index is 12.4. The van der Waals surface area contributed by atoms with Gasteiger partial charge in [0.15, 0.2) is 0 Å². The largest absolute Gasteiger partial charge is 0.459 e. The molecule has 21 heavy (non-hydrogen) atoms. The second kappa shape index (κ2) is 5.32. The van der Waals surface area contributed by atoms with Gasteiger partial charge in [-0.15, -0.1) is 6.58 Å². The number of halogens is 1. The molecule has 1 aliphatic rings. The van der Waals surface area contributed by atoms with E-state index in [0.29, 0.717) is 5.02 Å². The maximum Gasteiger partial charge on any atom is 0.322 e. The number of esters is 1. The fourth-order valence-corrected chi connectivity index (χ4v) is 2.40. The highest BCUT2D eigenvalue weighted by Crippen LogP contribution is 2.54. The molecular weight excluding hydrogens is 286 g/mol. The molecule has 1 aliphatic carbocycles. The van der Waals surface area contributed by atoms with Crippen LogP contribution in [0, 0.1) is 5.41 Å². The van der Waals surface area contributed by atoms with Crippen molar-refractivity contribution in [1.82, 2.24) is 0 Å². The molecule has 0 amide bonds. The zero-order valence-corrected chi connectivity index (χ0v) is 13.3. The lowest BCUT2D eigenvalue weighted by Gasteiger charge is -2.22. The Morgan fingerprint density at radius 3 is 2.43 bits per heavy atom. The molecule has 3 nitrogen and oxygen atoms in total. The van der Waals surface area contributed by atoms with Crippen molar-refractivity contribution in [2.75, 3.05) is 0 Å². The van der Waals surface area contributed by atoms with Gasteiger partial charge >= 0.3 is 5.97 Å². The monoisotopic (exact) mass is 305 g/mol. The van der Waals surface area contributed by atoms with Crippen LogP contribution in [0.1, 0.15) is 26.3 Å². The Morgan fingerprint density at radius 2 is 1.95 bits per heavy atom. The quantitative estimate of drug-likeness (QED) is 0.686. The molecular formula is C17H20ClNO2. The number of carbonyl (C=O) groups is 1. The zero-order valence-electron chi connectivity index (χ0n) is 12.5. The summed E-state index contributed by atoms with van der Waals surface area (Å²) >= 11 is 5.86. The van der Waals surface area contributed by atoms with Crippen LogP contribution in [0.4, 0.5) is 0 Å². The molecule has 4 heteroatoms. The summed E-state index contributed by atoms with van der Waals surface area (Å²) in [6.45, 7) is 9.25. The summed E-state index contributed by atoms with van der Waals surface area (Å²) < 4.78 is 5.46. The van der Waals surface area contributed by atoms with Crippen molar-refractivity contribution in [3.8, 4) is 0 Å². The normalized spacial score (nSPS) is 26.5. The van der Waals surface area contributed by atoms with Crippen molar-refractivity contribution in [2.45, 2.75) is 32.4 Å². The first-order valence-electron chi connectivity index (χ1n) is 6.81. The first-order valence-corrected chi connectivity index (χ1v) is 7.19. The number of carbonyl (C=O) groups excluding carboxylic acids is 1. The lowest BCUT2D eigenvalue weighted by Crippen LogP contribution is -2.32. The lowest BCUT2D eigenvalue weighted by molar-refractivity contribution is -0.159. The van der Waals surface area contributed by atoms with Gasteiger partial charge in [-0.1, -0.05) is 35.9 Å². The van der Waals surface area contributed by atoms with Gasteiger partial charge < -0.3 is 10.5 Å². The third kappa shape index (κ3) is 3.04. The van der Waals surface area contributed by atoms with Crippen LogP contribution in [-0.4, -0.2) is 17.6 Å². The second-order valence-electron chi connectivity index (χ2n) is 6.20. The molecule has 0 radical (unpaired) electrons. The van der Waals surface area contributed by atoms with Gasteiger partial charge in [-0.05, 0) is 44.0 Å². The molecule has 1 aromatic carbocycles. The molecule has 0 aromatic heterocycles. The van der Waals surface area contributed by atoms with Gasteiger partial charge in [0.2, 0.25) is 0 Å². The third-order valence-electron chi connectivity index (χ3n) is 3.47. The number of hydrogen-bond donors (Lipinski definition) is 1. The van der Waals surface area contributed by atoms with Crippen LogP contribution in [0.5, 0.6) is 0 Å². The highest BCUT2D eigenvalue weighted by Gasteiger charge is 2.63. The van der Waals surface area contributed by atoms with E-state index < -0.39 is 11.0 Å². The lowest BCUT2D eigenvalue weighted by atomic mass is 10.0. The molecule has 0 spiro atoms. The summed E-state index contributed by atoms with van der Waals surface area (Å²) in [6.07, 6.45) is 3.47. The Bertz CT molecular complexity index is 598. The smallest absolute Gasteiger partial charge is 0.322 e. The van der Waals surface area contributed by atoms with Crippen LogP contribution < -0.4 is 5.73 Å². The molecule has 1 fully saturated rings. The molecule has 0 aliphatic heterocycles. The van der Waals surface area contributed by atoms with Crippen LogP contribution in [0.15, 0.2) is 42.5 Å².